The lowest BCUT2D eigenvalue weighted by Crippen LogP contribution is -2.56. The zero-order valence-electron chi connectivity index (χ0n) is 14.0. The fraction of sp³-hybridized carbons (Fsp3) is 0.529. The summed E-state index contributed by atoms with van der Waals surface area (Å²) in [6, 6.07) is 3.59. The van der Waals surface area contributed by atoms with Crippen LogP contribution in [0, 0.1) is 6.92 Å². The summed E-state index contributed by atoms with van der Waals surface area (Å²) in [5.74, 6) is -0.283. The topological polar surface area (TPSA) is 72.9 Å². The van der Waals surface area contributed by atoms with E-state index in [1.54, 1.807) is 9.80 Å². The molecule has 2 unspecified atom stereocenters. The SMILES string of the molecule is Cc1cc(C(C)C)c2c(c1)N(C1CCC(=O)NC1=O)C(O)N2C. The number of nitrogens with one attached hydrogen (secondary N) is 1. The molecule has 124 valence electrons. The van der Waals surface area contributed by atoms with Crippen molar-refractivity contribution in [1.82, 2.24) is 5.32 Å². The molecule has 1 aromatic rings. The molecule has 2 N–H and O–H groups in total. The van der Waals surface area contributed by atoms with Crippen LogP contribution >= 0.6 is 0 Å². The Morgan fingerprint density at radius 1 is 1.30 bits per heavy atom. The second-order valence-corrected chi connectivity index (χ2v) is 6.71. The summed E-state index contributed by atoms with van der Waals surface area (Å²) in [6.07, 6.45) is -0.199. The number of benzene rings is 1. The van der Waals surface area contributed by atoms with Crippen molar-refractivity contribution in [2.24, 2.45) is 0 Å². The zero-order valence-corrected chi connectivity index (χ0v) is 14.0. The van der Waals surface area contributed by atoms with Crippen molar-refractivity contribution < 1.29 is 14.7 Å². The van der Waals surface area contributed by atoms with E-state index >= 15 is 0 Å². The van der Waals surface area contributed by atoms with Crippen molar-refractivity contribution in [1.29, 1.82) is 0 Å². The molecule has 1 aromatic carbocycles. The van der Waals surface area contributed by atoms with Crippen LogP contribution in [0.2, 0.25) is 0 Å². The number of nitrogens with zero attached hydrogens (tertiary/aromatic N) is 2. The van der Waals surface area contributed by atoms with E-state index in [0.29, 0.717) is 18.8 Å². The van der Waals surface area contributed by atoms with Gasteiger partial charge in [-0.3, -0.25) is 14.9 Å². The Labute approximate surface area is 136 Å². The predicted molar refractivity (Wildman–Crippen MR) is 88.3 cm³/mol. The number of aliphatic hydroxyl groups is 1. The number of anilines is 2. The molecule has 2 aliphatic heterocycles. The number of aryl methyl sites for hydroxylation is 1. The van der Waals surface area contributed by atoms with Crippen molar-refractivity contribution in [3.05, 3.63) is 23.3 Å². The standard InChI is InChI=1S/C17H23N3O3/c1-9(2)11-7-10(3)8-13-15(11)19(4)17(23)20(13)12-5-6-14(21)18-16(12)22/h7-9,12,17,23H,5-6H2,1-4H3,(H,18,21,22). The minimum absolute atomic E-state index is 0.249. The molecule has 0 bridgehead atoms. The van der Waals surface area contributed by atoms with E-state index in [1.807, 2.05) is 20.0 Å². The van der Waals surface area contributed by atoms with E-state index in [4.69, 9.17) is 0 Å². The van der Waals surface area contributed by atoms with Crippen molar-refractivity contribution in [3.63, 3.8) is 0 Å². The van der Waals surface area contributed by atoms with Gasteiger partial charge in [-0.2, -0.15) is 0 Å². The summed E-state index contributed by atoms with van der Waals surface area (Å²) in [6.45, 7) is 6.24. The summed E-state index contributed by atoms with van der Waals surface area (Å²) >= 11 is 0. The Bertz CT molecular complexity index is 671. The third-order valence-electron chi connectivity index (χ3n) is 4.66. The zero-order chi connectivity index (χ0) is 16.9. The van der Waals surface area contributed by atoms with E-state index in [2.05, 4.69) is 25.2 Å². The lowest BCUT2D eigenvalue weighted by atomic mass is 9.96. The molecule has 6 heteroatoms. The first kappa shape index (κ1) is 15.8. The molecular formula is C17H23N3O3. The maximum absolute atomic E-state index is 12.3. The van der Waals surface area contributed by atoms with Gasteiger partial charge in [-0.15, -0.1) is 0 Å². The molecule has 2 aliphatic rings. The van der Waals surface area contributed by atoms with Gasteiger partial charge in [0.15, 0.2) is 0 Å². The number of aliphatic hydroxyl groups excluding tert-OH is 1. The Morgan fingerprint density at radius 2 is 2.00 bits per heavy atom. The molecule has 0 aromatic heterocycles. The molecule has 1 saturated heterocycles. The van der Waals surface area contributed by atoms with Crippen LogP contribution in [0.4, 0.5) is 11.4 Å². The minimum Gasteiger partial charge on any atom is -0.356 e. The normalized spacial score (nSPS) is 24.3. The highest BCUT2D eigenvalue weighted by atomic mass is 16.3. The van der Waals surface area contributed by atoms with Crippen LogP contribution < -0.4 is 15.1 Å². The average Bonchev–Trinajstić information content (AvgIpc) is 2.71. The molecule has 23 heavy (non-hydrogen) atoms. The number of piperidine rings is 1. The van der Waals surface area contributed by atoms with Gasteiger partial charge in [0, 0.05) is 13.5 Å². The maximum Gasteiger partial charge on any atom is 0.249 e. The van der Waals surface area contributed by atoms with Gasteiger partial charge in [0.1, 0.15) is 6.04 Å². The van der Waals surface area contributed by atoms with Crippen molar-refractivity contribution in [2.45, 2.75) is 51.9 Å². The molecule has 2 heterocycles. The van der Waals surface area contributed by atoms with Crippen LogP contribution in [-0.4, -0.2) is 36.4 Å². The fourth-order valence-electron chi connectivity index (χ4n) is 3.51. The molecule has 1 fully saturated rings. The number of fused-ring (bicyclic) bond motifs is 1. The molecule has 0 radical (unpaired) electrons. The van der Waals surface area contributed by atoms with Gasteiger partial charge >= 0.3 is 0 Å². The minimum atomic E-state index is -0.909. The highest BCUT2D eigenvalue weighted by Gasteiger charge is 2.43. The predicted octanol–water partition coefficient (Wildman–Crippen LogP) is 1.46. The smallest absolute Gasteiger partial charge is 0.249 e. The Kier molecular flexibility index (Phi) is 3.80. The molecule has 0 spiro atoms. The van der Waals surface area contributed by atoms with E-state index in [0.717, 1.165) is 22.5 Å². The first-order valence-electron chi connectivity index (χ1n) is 7.98. The molecule has 6 nitrogen and oxygen atoms in total. The molecule has 2 amide bonds. The number of carbonyl (C=O) groups is 2. The van der Waals surface area contributed by atoms with Crippen molar-refractivity contribution in [2.75, 3.05) is 16.8 Å². The molecular weight excluding hydrogens is 294 g/mol. The molecule has 0 aliphatic carbocycles. The van der Waals surface area contributed by atoms with Crippen LogP contribution in [0.1, 0.15) is 43.7 Å². The fourth-order valence-corrected chi connectivity index (χ4v) is 3.51. The number of rotatable bonds is 2. The number of imide groups is 1. The van der Waals surface area contributed by atoms with Crippen LogP contribution in [0.3, 0.4) is 0 Å². The van der Waals surface area contributed by atoms with Crippen LogP contribution in [0.5, 0.6) is 0 Å². The quantitative estimate of drug-likeness (QED) is 0.808. The van der Waals surface area contributed by atoms with Gasteiger partial charge in [0.05, 0.1) is 11.4 Å². The molecule has 3 rings (SSSR count). The Hall–Kier alpha value is -2.08. The highest BCUT2D eigenvalue weighted by Crippen LogP contribution is 2.45. The lowest BCUT2D eigenvalue weighted by molar-refractivity contribution is -0.134. The Balaban J connectivity index is 2.09. The summed E-state index contributed by atoms with van der Waals surface area (Å²) < 4.78 is 0. The number of carbonyl (C=O) groups excluding carboxylic acids is 2. The van der Waals surface area contributed by atoms with Gasteiger partial charge < -0.3 is 14.9 Å². The van der Waals surface area contributed by atoms with E-state index < -0.39 is 12.4 Å². The number of hydrogen-bond acceptors (Lipinski definition) is 5. The first-order valence-corrected chi connectivity index (χ1v) is 7.98. The third kappa shape index (κ3) is 2.47. The van der Waals surface area contributed by atoms with E-state index in [-0.39, 0.29) is 11.8 Å². The van der Waals surface area contributed by atoms with Crippen LogP contribution in [0.15, 0.2) is 12.1 Å². The summed E-state index contributed by atoms with van der Waals surface area (Å²) in [7, 11) is 1.83. The summed E-state index contributed by atoms with van der Waals surface area (Å²) in [4.78, 5) is 27.2. The number of amides is 2. The van der Waals surface area contributed by atoms with Gasteiger partial charge in [-0.1, -0.05) is 19.9 Å². The lowest BCUT2D eigenvalue weighted by Gasteiger charge is -2.34. The van der Waals surface area contributed by atoms with Gasteiger partial charge in [-0.05, 0) is 36.5 Å². The number of hydrogen-bond donors (Lipinski definition) is 2. The first-order chi connectivity index (χ1) is 10.8. The van der Waals surface area contributed by atoms with Crippen LogP contribution in [-0.2, 0) is 9.59 Å². The van der Waals surface area contributed by atoms with Gasteiger partial charge in [0.2, 0.25) is 18.2 Å². The second kappa shape index (κ2) is 5.53. The maximum atomic E-state index is 12.3. The van der Waals surface area contributed by atoms with E-state index in [1.165, 1.54) is 0 Å². The largest absolute Gasteiger partial charge is 0.356 e. The monoisotopic (exact) mass is 317 g/mol. The Morgan fingerprint density at radius 3 is 2.61 bits per heavy atom. The van der Waals surface area contributed by atoms with Crippen molar-refractivity contribution >= 4 is 23.2 Å². The highest BCUT2D eigenvalue weighted by molar-refractivity contribution is 6.02. The van der Waals surface area contributed by atoms with Gasteiger partial charge in [0.25, 0.3) is 0 Å². The average molecular weight is 317 g/mol. The van der Waals surface area contributed by atoms with Crippen LogP contribution in [0.25, 0.3) is 0 Å². The van der Waals surface area contributed by atoms with Gasteiger partial charge in [-0.25, -0.2) is 0 Å². The second-order valence-electron chi connectivity index (χ2n) is 6.71. The molecule has 2 atom stereocenters. The van der Waals surface area contributed by atoms with Crippen molar-refractivity contribution in [3.8, 4) is 0 Å². The van der Waals surface area contributed by atoms with E-state index in [9.17, 15) is 14.7 Å². The summed E-state index contributed by atoms with van der Waals surface area (Å²) in [5, 5.41) is 13.1. The molecule has 0 saturated carbocycles. The summed E-state index contributed by atoms with van der Waals surface area (Å²) in [5.41, 5.74) is 4.06. The third-order valence-corrected chi connectivity index (χ3v) is 4.66.